The zero-order valence-corrected chi connectivity index (χ0v) is 26.0. The maximum atomic E-state index is 12.7. The van der Waals surface area contributed by atoms with Crippen LogP contribution in [-0.2, 0) is 13.9 Å². The van der Waals surface area contributed by atoms with E-state index in [9.17, 15) is 9.59 Å². The Morgan fingerprint density at radius 1 is 1.08 bits per heavy atom. The van der Waals surface area contributed by atoms with Crippen molar-refractivity contribution >= 4 is 40.3 Å². The molecule has 1 aromatic heterocycles. The minimum absolute atomic E-state index is 0.0725. The van der Waals surface area contributed by atoms with E-state index in [-0.39, 0.29) is 16.6 Å². The monoisotopic (exact) mass is 586 g/mol. The SMILES string of the molecule is CSS[C@@H](C)O[C@@H]1C[C@H](n2cc(C)c(=O)[nH]c2=O)O[C@@H]1CO[Si](c1ccccc1)(c1ccccc1)C(C)(C)C. The van der Waals surface area contributed by atoms with Crippen LogP contribution in [0.5, 0.6) is 0 Å². The molecule has 39 heavy (non-hydrogen) atoms. The second kappa shape index (κ2) is 12.6. The van der Waals surface area contributed by atoms with Crippen LogP contribution < -0.4 is 21.6 Å². The van der Waals surface area contributed by atoms with Gasteiger partial charge in [0, 0.05) is 18.2 Å². The quantitative estimate of drug-likeness (QED) is 0.214. The zero-order chi connectivity index (χ0) is 28.2. The van der Waals surface area contributed by atoms with Gasteiger partial charge in [0.05, 0.1) is 12.7 Å². The van der Waals surface area contributed by atoms with Gasteiger partial charge in [-0.15, -0.1) is 0 Å². The molecule has 10 heteroatoms. The van der Waals surface area contributed by atoms with Gasteiger partial charge in [-0.25, -0.2) is 4.79 Å². The van der Waals surface area contributed by atoms with Crippen molar-refractivity contribution in [3.63, 3.8) is 0 Å². The molecule has 0 saturated carbocycles. The standard InChI is InChI=1S/C29H38N2O5S2Si/c1-20-18-31(28(33)30-27(20)32)26-17-24(35-21(2)38-37-6)25(36-26)19-34-39(29(3,4)5,22-13-9-7-10-14-22)23-15-11-8-12-16-23/h7-16,18,21,24-26H,17,19H2,1-6H3,(H,30,32,33)/t21-,24+,25+,26+/m0/s1. The van der Waals surface area contributed by atoms with Gasteiger partial charge >= 0.3 is 5.69 Å². The first-order valence-corrected chi connectivity index (χ1v) is 17.7. The number of aromatic nitrogens is 2. The van der Waals surface area contributed by atoms with Gasteiger partial charge in [-0.1, -0.05) is 103 Å². The van der Waals surface area contributed by atoms with Crippen molar-refractivity contribution in [3.8, 4) is 0 Å². The number of nitrogens with one attached hydrogen (secondary N) is 1. The van der Waals surface area contributed by atoms with Crippen molar-refractivity contribution in [2.24, 2.45) is 0 Å². The Balaban J connectivity index is 1.70. The summed E-state index contributed by atoms with van der Waals surface area (Å²) >= 11 is 0. The lowest BCUT2D eigenvalue weighted by Crippen LogP contribution is -2.67. The van der Waals surface area contributed by atoms with E-state index in [1.165, 1.54) is 14.9 Å². The van der Waals surface area contributed by atoms with Crippen LogP contribution in [0.25, 0.3) is 0 Å². The molecule has 0 radical (unpaired) electrons. The Kier molecular flexibility index (Phi) is 9.67. The van der Waals surface area contributed by atoms with Gasteiger partial charge in [-0.2, -0.15) is 0 Å². The lowest BCUT2D eigenvalue weighted by Gasteiger charge is -2.43. The Bertz CT molecular complexity index is 1300. The summed E-state index contributed by atoms with van der Waals surface area (Å²) in [5.41, 5.74) is -0.501. The number of rotatable bonds is 10. The number of hydrogen-bond donors (Lipinski definition) is 1. The smallest absolute Gasteiger partial charge is 0.330 e. The highest BCUT2D eigenvalue weighted by molar-refractivity contribution is 8.76. The van der Waals surface area contributed by atoms with Gasteiger partial charge in [-0.05, 0) is 35.5 Å². The lowest BCUT2D eigenvalue weighted by atomic mass is 10.2. The lowest BCUT2D eigenvalue weighted by molar-refractivity contribution is -0.0616. The predicted molar refractivity (Wildman–Crippen MR) is 164 cm³/mol. The van der Waals surface area contributed by atoms with E-state index in [2.05, 4.69) is 74.3 Å². The van der Waals surface area contributed by atoms with E-state index in [0.29, 0.717) is 18.6 Å². The molecule has 0 aliphatic carbocycles. The van der Waals surface area contributed by atoms with Crippen LogP contribution in [0.3, 0.4) is 0 Å². The number of benzene rings is 2. The molecule has 1 aliphatic heterocycles. The third-order valence-electron chi connectivity index (χ3n) is 7.12. The molecule has 4 rings (SSSR count). The fraction of sp³-hybridized carbons (Fsp3) is 0.448. The number of nitrogens with zero attached hydrogens (tertiary/aromatic N) is 1. The summed E-state index contributed by atoms with van der Waals surface area (Å²) in [5.74, 6) is 0. The van der Waals surface area contributed by atoms with Gasteiger partial charge in [0.25, 0.3) is 13.9 Å². The van der Waals surface area contributed by atoms with Crippen LogP contribution >= 0.6 is 21.6 Å². The number of aryl methyl sites for hydroxylation is 1. The molecule has 2 heterocycles. The Morgan fingerprint density at radius 3 is 2.21 bits per heavy atom. The molecule has 1 aliphatic rings. The summed E-state index contributed by atoms with van der Waals surface area (Å²) in [5, 5.41) is 2.20. The normalized spacial score (nSPS) is 20.7. The van der Waals surface area contributed by atoms with Gasteiger partial charge in [0.1, 0.15) is 17.8 Å². The summed E-state index contributed by atoms with van der Waals surface area (Å²) in [4.78, 5) is 27.1. The first kappa shape index (κ1) is 29.9. The minimum Gasteiger partial charge on any atom is -0.405 e. The molecular formula is C29H38N2O5S2Si. The fourth-order valence-corrected chi connectivity index (χ4v) is 11.3. The maximum Gasteiger partial charge on any atom is 0.330 e. The molecule has 0 amide bonds. The highest BCUT2D eigenvalue weighted by Gasteiger charge is 2.51. The highest BCUT2D eigenvalue weighted by atomic mass is 33.1. The van der Waals surface area contributed by atoms with E-state index in [4.69, 9.17) is 13.9 Å². The molecule has 1 N–H and O–H groups in total. The Hall–Kier alpha value is -2.08. The number of ether oxygens (including phenoxy) is 2. The molecular weight excluding hydrogens is 549 g/mol. The average molecular weight is 587 g/mol. The maximum absolute atomic E-state index is 12.7. The fourth-order valence-electron chi connectivity index (χ4n) is 5.34. The molecule has 0 spiro atoms. The Labute approximate surface area is 239 Å². The summed E-state index contributed by atoms with van der Waals surface area (Å²) in [6.07, 6.45) is 2.79. The molecule has 1 fully saturated rings. The second-order valence-corrected chi connectivity index (χ2v) is 17.9. The first-order chi connectivity index (χ1) is 18.6. The van der Waals surface area contributed by atoms with Crippen LogP contribution in [0, 0.1) is 6.92 Å². The third kappa shape index (κ3) is 6.47. The summed E-state index contributed by atoms with van der Waals surface area (Å²) in [6, 6.07) is 21.0. The average Bonchev–Trinajstić information content (AvgIpc) is 3.29. The van der Waals surface area contributed by atoms with Gasteiger partial charge in [0.2, 0.25) is 0 Å². The van der Waals surface area contributed by atoms with Crippen molar-refractivity contribution in [2.75, 3.05) is 12.9 Å². The van der Waals surface area contributed by atoms with E-state index >= 15 is 0 Å². The molecule has 210 valence electrons. The number of hydrogen-bond acceptors (Lipinski definition) is 7. The van der Waals surface area contributed by atoms with Crippen LogP contribution in [0.1, 0.15) is 45.9 Å². The van der Waals surface area contributed by atoms with E-state index < -0.39 is 31.9 Å². The van der Waals surface area contributed by atoms with Crippen LogP contribution in [-0.4, -0.2) is 48.4 Å². The summed E-state index contributed by atoms with van der Waals surface area (Å²) in [6.45, 7) is 10.7. The van der Waals surface area contributed by atoms with Gasteiger partial charge in [-0.3, -0.25) is 14.3 Å². The number of aromatic amines is 1. The van der Waals surface area contributed by atoms with Crippen molar-refractivity contribution in [1.82, 2.24) is 9.55 Å². The largest absolute Gasteiger partial charge is 0.405 e. The Morgan fingerprint density at radius 2 is 1.67 bits per heavy atom. The van der Waals surface area contributed by atoms with Crippen LogP contribution in [0.15, 0.2) is 76.4 Å². The van der Waals surface area contributed by atoms with E-state index in [1.54, 1.807) is 34.7 Å². The van der Waals surface area contributed by atoms with Crippen molar-refractivity contribution in [2.45, 2.75) is 69.9 Å². The van der Waals surface area contributed by atoms with Crippen molar-refractivity contribution < 1.29 is 13.9 Å². The zero-order valence-electron chi connectivity index (χ0n) is 23.4. The molecule has 3 aromatic rings. The predicted octanol–water partition coefficient (Wildman–Crippen LogP) is 4.45. The molecule has 4 atom stereocenters. The second-order valence-electron chi connectivity index (χ2n) is 10.8. The highest BCUT2D eigenvalue weighted by Crippen LogP contribution is 2.39. The molecule has 7 nitrogen and oxygen atoms in total. The van der Waals surface area contributed by atoms with Crippen molar-refractivity contribution in [1.29, 1.82) is 0 Å². The van der Waals surface area contributed by atoms with E-state index in [1.807, 2.05) is 25.3 Å². The molecule has 2 aromatic carbocycles. The summed E-state index contributed by atoms with van der Waals surface area (Å²) < 4.78 is 21.5. The van der Waals surface area contributed by atoms with Gasteiger partial charge in [0.15, 0.2) is 0 Å². The topological polar surface area (TPSA) is 82.6 Å². The molecule has 0 bridgehead atoms. The van der Waals surface area contributed by atoms with Crippen LogP contribution in [0.4, 0.5) is 0 Å². The third-order valence-corrected chi connectivity index (χ3v) is 14.1. The molecule has 0 unspecified atom stereocenters. The van der Waals surface area contributed by atoms with Crippen LogP contribution in [0.2, 0.25) is 5.04 Å². The first-order valence-electron chi connectivity index (χ1n) is 13.1. The minimum atomic E-state index is -2.79. The van der Waals surface area contributed by atoms with E-state index in [0.717, 1.165) is 0 Å². The van der Waals surface area contributed by atoms with Crippen molar-refractivity contribution in [3.05, 3.63) is 93.3 Å². The summed E-state index contributed by atoms with van der Waals surface area (Å²) in [7, 11) is 0.491. The molecule has 1 saturated heterocycles. The van der Waals surface area contributed by atoms with Gasteiger partial charge < -0.3 is 13.9 Å². The number of H-pyrrole nitrogens is 1.